The van der Waals surface area contributed by atoms with Crippen LogP contribution in [0.25, 0.3) is 0 Å². The molecule has 2 nitrogen and oxygen atoms in total. The molecule has 0 spiro atoms. The fourth-order valence-corrected chi connectivity index (χ4v) is 2.34. The molecule has 1 fully saturated rings. The summed E-state index contributed by atoms with van der Waals surface area (Å²) in [6.45, 7) is 2.69. The van der Waals surface area contributed by atoms with E-state index in [0.717, 1.165) is 30.6 Å². The number of rotatable bonds is 4. The SMILES string of the molecule is Cc1cc(Br)c(F)cc1NCC1(CC#N)CC1. The molecule has 1 aromatic carbocycles. The summed E-state index contributed by atoms with van der Waals surface area (Å²) in [4.78, 5) is 0. The number of nitriles is 1. The summed E-state index contributed by atoms with van der Waals surface area (Å²) in [5, 5.41) is 12.0. The van der Waals surface area contributed by atoms with Crippen LogP contribution in [-0.4, -0.2) is 6.54 Å². The average molecular weight is 297 g/mol. The van der Waals surface area contributed by atoms with Gasteiger partial charge < -0.3 is 5.32 Å². The second kappa shape index (κ2) is 4.66. The maximum atomic E-state index is 13.4. The normalized spacial score (nSPS) is 16.4. The van der Waals surface area contributed by atoms with E-state index < -0.39 is 0 Å². The first-order chi connectivity index (χ1) is 8.06. The van der Waals surface area contributed by atoms with Gasteiger partial charge in [0.25, 0.3) is 0 Å². The van der Waals surface area contributed by atoms with Gasteiger partial charge in [0.05, 0.1) is 10.5 Å². The van der Waals surface area contributed by atoms with Gasteiger partial charge in [0, 0.05) is 24.1 Å². The maximum absolute atomic E-state index is 13.4. The average Bonchev–Trinajstić information content (AvgIpc) is 3.03. The van der Waals surface area contributed by atoms with Crippen LogP contribution >= 0.6 is 15.9 Å². The van der Waals surface area contributed by atoms with Crippen LogP contribution in [0.15, 0.2) is 16.6 Å². The van der Waals surface area contributed by atoms with Crippen molar-refractivity contribution in [1.29, 1.82) is 5.26 Å². The minimum atomic E-state index is -0.261. The Morgan fingerprint density at radius 1 is 1.53 bits per heavy atom. The Morgan fingerprint density at radius 3 is 2.82 bits per heavy atom. The molecule has 1 aliphatic carbocycles. The van der Waals surface area contributed by atoms with E-state index in [4.69, 9.17) is 5.26 Å². The smallest absolute Gasteiger partial charge is 0.139 e. The van der Waals surface area contributed by atoms with Crippen molar-refractivity contribution >= 4 is 21.6 Å². The number of hydrogen-bond acceptors (Lipinski definition) is 2. The van der Waals surface area contributed by atoms with Crippen molar-refractivity contribution in [2.75, 3.05) is 11.9 Å². The van der Waals surface area contributed by atoms with Crippen LogP contribution in [0.1, 0.15) is 24.8 Å². The molecule has 0 aliphatic heterocycles. The zero-order chi connectivity index (χ0) is 12.5. The van der Waals surface area contributed by atoms with Crippen LogP contribution < -0.4 is 5.32 Å². The Morgan fingerprint density at radius 2 is 2.24 bits per heavy atom. The first-order valence-electron chi connectivity index (χ1n) is 5.63. The summed E-state index contributed by atoms with van der Waals surface area (Å²) >= 11 is 3.16. The van der Waals surface area contributed by atoms with Gasteiger partial charge in [-0.2, -0.15) is 5.26 Å². The van der Waals surface area contributed by atoms with Gasteiger partial charge >= 0.3 is 0 Å². The standard InChI is InChI=1S/C13H14BrFN2/c1-9-6-10(14)11(15)7-12(9)17-8-13(2-3-13)4-5-16/h6-7,17H,2-4,8H2,1H3. The Kier molecular flexibility index (Phi) is 3.39. The highest BCUT2D eigenvalue weighted by Gasteiger charge is 2.42. The lowest BCUT2D eigenvalue weighted by atomic mass is 10.0. The van der Waals surface area contributed by atoms with Crippen molar-refractivity contribution in [3.8, 4) is 6.07 Å². The Labute approximate surface area is 109 Å². The van der Waals surface area contributed by atoms with Crippen molar-refractivity contribution in [2.24, 2.45) is 5.41 Å². The van der Waals surface area contributed by atoms with E-state index in [2.05, 4.69) is 27.3 Å². The summed E-state index contributed by atoms with van der Waals surface area (Å²) in [6, 6.07) is 5.49. The van der Waals surface area contributed by atoms with E-state index in [1.165, 1.54) is 6.07 Å². The summed E-state index contributed by atoms with van der Waals surface area (Å²) < 4.78 is 13.9. The predicted molar refractivity (Wildman–Crippen MR) is 69.2 cm³/mol. The topological polar surface area (TPSA) is 35.8 Å². The molecule has 0 aromatic heterocycles. The van der Waals surface area contributed by atoms with Crippen LogP contribution in [0.2, 0.25) is 0 Å². The molecule has 4 heteroatoms. The van der Waals surface area contributed by atoms with Gasteiger partial charge in [-0.1, -0.05) is 0 Å². The molecule has 0 atom stereocenters. The molecule has 1 N–H and O–H groups in total. The van der Waals surface area contributed by atoms with Gasteiger partial charge in [-0.05, 0) is 53.4 Å². The molecule has 0 unspecified atom stereocenters. The fraction of sp³-hybridized carbons (Fsp3) is 0.462. The molecule has 0 amide bonds. The highest BCUT2D eigenvalue weighted by molar-refractivity contribution is 9.10. The summed E-state index contributed by atoms with van der Waals surface area (Å²) in [6.07, 6.45) is 2.76. The molecule has 1 aromatic rings. The van der Waals surface area contributed by atoms with Crippen LogP contribution in [0.5, 0.6) is 0 Å². The number of anilines is 1. The minimum Gasteiger partial charge on any atom is -0.384 e. The molecule has 0 saturated heterocycles. The van der Waals surface area contributed by atoms with E-state index in [1.54, 1.807) is 6.07 Å². The largest absolute Gasteiger partial charge is 0.384 e. The minimum absolute atomic E-state index is 0.130. The van der Waals surface area contributed by atoms with Gasteiger partial charge in [-0.15, -0.1) is 0 Å². The highest BCUT2D eigenvalue weighted by Crippen LogP contribution is 2.48. The van der Waals surface area contributed by atoms with Gasteiger partial charge in [0.1, 0.15) is 5.82 Å². The molecule has 1 saturated carbocycles. The van der Waals surface area contributed by atoms with E-state index in [9.17, 15) is 4.39 Å². The molecule has 0 heterocycles. The lowest BCUT2D eigenvalue weighted by molar-refractivity contribution is 0.556. The van der Waals surface area contributed by atoms with E-state index in [0.29, 0.717) is 10.9 Å². The van der Waals surface area contributed by atoms with Gasteiger partial charge in [0.2, 0.25) is 0 Å². The summed E-state index contributed by atoms with van der Waals surface area (Å²) in [5.41, 5.74) is 1.95. The lowest BCUT2D eigenvalue weighted by Gasteiger charge is -2.15. The third-order valence-electron chi connectivity index (χ3n) is 3.33. The number of nitrogens with one attached hydrogen (secondary N) is 1. The third kappa shape index (κ3) is 2.78. The predicted octanol–water partition coefficient (Wildman–Crippen LogP) is 4.00. The van der Waals surface area contributed by atoms with Crippen LogP contribution in [0.3, 0.4) is 0 Å². The van der Waals surface area contributed by atoms with Crippen molar-refractivity contribution in [1.82, 2.24) is 0 Å². The fourth-order valence-electron chi connectivity index (χ4n) is 1.88. The maximum Gasteiger partial charge on any atom is 0.139 e. The molecule has 0 radical (unpaired) electrons. The Bertz CT molecular complexity index is 475. The van der Waals surface area contributed by atoms with E-state index in [-0.39, 0.29) is 11.2 Å². The second-order valence-corrected chi connectivity index (χ2v) is 5.62. The molecular formula is C13H14BrFN2. The number of benzene rings is 1. The molecule has 17 heavy (non-hydrogen) atoms. The van der Waals surface area contributed by atoms with E-state index >= 15 is 0 Å². The first kappa shape index (κ1) is 12.4. The number of hydrogen-bond donors (Lipinski definition) is 1. The van der Waals surface area contributed by atoms with Crippen molar-refractivity contribution in [3.63, 3.8) is 0 Å². The quantitative estimate of drug-likeness (QED) is 0.911. The van der Waals surface area contributed by atoms with Crippen molar-refractivity contribution in [3.05, 3.63) is 28.0 Å². The molecular weight excluding hydrogens is 283 g/mol. The number of halogens is 2. The van der Waals surface area contributed by atoms with Crippen LogP contribution in [-0.2, 0) is 0 Å². The van der Waals surface area contributed by atoms with Crippen molar-refractivity contribution < 1.29 is 4.39 Å². The third-order valence-corrected chi connectivity index (χ3v) is 3.94. The van der Waals surface area contributed by atoms with Gasteiger partial charge in [0.15, 0.2) is 0 Å². The molecule has 1 aliphatic rings. The van der Waals surface area contributed by atoms with Gasteiger partial charge in [-0.3, -0.25) is 0 Å². The summed E-state index contributed by atoms with van der Waals surface area (Å²) in [5.74, 6) is -0.261. The zero-order valence-corrected chi connectivity index (χ0v) is 11.3. The van der Waals surface area contributed by atoms with Gasteiger partial charge in [-0.25, -0.2) is 4.39 Å². The number of aryl methyl sites for hydroxylation is 1. The monoisotopic (exact) mass is 296 g/mol. The van der Waals surface area contributed by atoms with E-state index in [1.807, 2.05) is 6.92 Å². The molecule has 0 bridgehead atoms. The zero-order valence-electron chi connectivity index (χ0n) is 9.69. The molecule has 90 valence electrons. The van der Waals surface area contributed by atoms with Crippen LogP contribution in [0, 0.1) is 29.5 Å². The number of nitrogens with zero attached hydrogens (tertiary/aromatic N) is 1. The highest BCUT2D eigenvalue weighted by atomic mass is 79.9. The van der Waals surface area contributed by atoms with Crippen molar-refractivity contribution in [2.45, 2.75) is 26.2 Å². The first-order valence-corrected chi connectivity index (χ1v) is 6.42. The Balaban J connectivity index is 2.05. The van der Waals surface area contributed by atoms with Crippen LogP contribution in [0.4, 0.5) is 10.1 Å². The Hall–Kier alpha value is -1.08. The lowest BCUT2D eigenvalue weighted by Crippen LogP contribution is -2.15. The molecule has 2 rings (SSSR count). The summed E-state index contributed by atoms with van der Waals surface area (Å²) in [7, 11) is 0. The second-order valence-electron chi connectivity index (χ2n) is 4.77.